The number of carboxylic acids is 1. The predicted molar refractivity (Wildman–Crippen MR) is 76.7 cm³/mol. The Hall–Kier alpha value is -1.46. The molecule has 18 heavy (non-hydrogen) atoms. The largest absolute Gasteiger partial charge is 0.478 e. The minimum Gasteiger partial charge on any atom is -0.478 e. The van der Waals surface area contributed by atoms with Gasteiger partial charge in [0.15, 0.2) is 0 Å². The van der Waals surface area contributed by atoms with Crippen LogP contribution in [0.4, 0.5) is 0 Å². The summed E-state index contributed by atoms with van der Waals surface area (Å²) in [5, 5.41) is 11.2. The summed E-state index contributed by atoms with van der Waals surface area (Å²) in [4.78, 5) is 14.8. The first-order valence-electron chi connectivity index (χ1n) is 5.19. The number of carbonyl (C=O) groups is 1. The summed E-state index contributed by atoms with van der Waals surface area (Å²) in [6.45, 7) is 2.02. The summed E-state index contributed by atoms with van der Waals surface area (Å²) in [5.74, 6) is -0.967. The van der Waals surface area contributed by atoms with Crippen LogP contribution >= 0.6 is 27.3 Å². The second-order valence-electron chi connectivity index (χ2n) is 3.70. The van der Waals surface area contributed by atoms with E-state index in [1.165, 1.54) is 17.4 Å². The van der Waals surface area contributed by atoms with Gasteiger partial charge in [0.1, 0.15) is 5.01 Å². The van der Waals surface area contributed by atoms with Gasteiger partial charge in [-0.1, -0.05) is 22.0 Å². The van der Waals surface area contributed by atoms with Crippen LogP contribution in [-0.2, 0) is 4.79 Å². The fraction of sp³-hybridized carbons (Fsp3) is 0.0769. The van der Waals surface area contributed by atoms with Gasteiger partial charge in [0.05, 0.1) is 5.69 Å². The van der Waals surface area contributed by atoms with E-state index >= 15 is 0 Å². The Bertz CT molecular complexity index is 619. The lowest BCUT2D eigenvalue weighted by atomic mass is 10.1. The van der Waals surface area contributed by atoms with Gasteiger partial charge >= 0.3 is 5.97 Å². The van der Waals surface area contributed by atoms with Gasteiger partial charge in [-0.2, -0.15) is 0 Å². The van der Waals surface area contributed by atoms with Gasteiger partial charge in [-0.15, -0.1) is 11.3 Å². The van der Waals surface area contributed by atoms with Crippen LogP contribution in [0, 0.1) is 6.92 Å². The first kappa shape index (κ1) is 13.0. The Morgan fingerprint density at radius 3 is 3.00 bits per heavy atom. The van der Waals surface area contributed by atoms with Gasteiger partial charge in [-0.25, -0.2) is 9.78 Å². The van der Waals surface area contributed by atoms with Crippen LogP contribution in [-0.4, -0.2) is 16.1 Å². The lowest BCUT2D eigenvalue weighted by molar-refractivity contribution is -0.131. The van der Waals surface area contributed by atoms with Crippen LogP contribution in [0.1, 0.15) is 10.6 Å². The number of aryl methyl sites for hydroxylation is 1. The molecule has 0 unspecified atom stereocenters. The van der Waals surface area contributed by atoms with Crippen LogP contribution in [0.3, 0.4) is 0 Å². The van der Waals surface area contributed by atoms with Crippen molar-refractivity contribution >= 4 is 39.3 Å². The molecule has 0 saturated heterocycles. The number of hydrogen-bond acceptors (Lipinski definition) is 3. The Kier molecular flexibility index (Phi) is 3.93. The smallest absolute Gasteiger partial charge is 0.328 e. The van der Waals surface area contributed by atoms with Crippen LogP contribution in [0.15, 0.2) is 34.1 Å². The Labute approximate surface area is 117 Å². The maximum atomic E-state index is 10.4. The highest BCUT2D eigenvalue weighted by molar-refractivity contribution is 9.10. The van der Waals surface area contributed by atoms with Crippen molar-refractivity contribution in [3.05, 3.63) is 44.7 Å². The highest BCUT2D eigenvalue weighted by atomic mass is 79.9. The summed E-state index contributed by atoms with van der Waals surface area (Å²) in [6.07, 6.45) is 2.60. The number of aliphatic carboxylic acids is 1. The molecule has 0 radical (unpaired) electrons. The molecule has 0 aliphatic rings. The van der Waals surface area contributed by atoms with Crippen molar-refractivity contribution < 1.29 is 9.90 Å². The van der Waals surface area contributed by atoms with E-state index < -0.39 is 5.97 Å². The Morgan fingerprint density at radius 1 is 1.50 bits per heavy atom. The van der Waals surface area contributed by atoms with Crippen molar-refractivity contribution in [3.8, 4) is 11.3 Å². The molecule has 0 spiro atoms. The number of thiazole rings is 1. The van der Waals surface area contributed by atoms with Crippen LogP contribution in [0.5, 0.6) is 0 Å². The number of halogens is 1. The van der Waals surface area contributed by atoms with E-state index in [4.69, 9.17) is 5.11 Å². The van der Waals surface area contributed by atoms with Gasteiger partial charge < -0.3 is 5.11 Å². The van der Waals surface area contributed by atoms with Crippen molar-refractivity contribution in [2.24, 2.45) is 0 Å². The summed E-state index contributed by atoms with van der Waals surface area (Å²) in [6, 6.07) is 6.01. The van der Waals surface area contributed by atoms with Crippen molar-refractivity contribution in [2.75, 3.05) is 0 Å². The first-order valence-corrected chi connectivity index (χ1v) is 6.86. The molecule has 92 valence electrons. The molecule has 0 saturated carbocycles. The Balaban J connectivity index is 2.35. The molecule has 1 N–H and O–H groups in total. The number of hydrogen-bond donors (Lipinski definition) is 1. The average Bonchev–Trinajstić information content (AvgIpc) is 2.78. The molecule has 0 bridgehead atoms. The summed E-state index contributed by atoms with van der Waals surface area (Å²) in [7, 11) is 0. The molecule has 5 heteroatoms. The molecule has 2 aromatic rings. The summed E-state index contributed by atoms with van der Waals surface area (Å²) in [5.41, 5.74) is 3.05. The molecule has 1 aromatic heterocycles. The van der Waals surface area contributed by atoms with Crippen molar-refractivity contribution in [2.45, 2.75) is 6.92 Å². The number of nitrogens with zero attached hydrogens (tertiary/aromatic N) is 1. The van der Waals surface area contributed by atoms with E-state index in [-0.39, 0.29) is 0 Å². The first-order chi connectivity index (χ1) is 8.56. The third kappa shape index (κ3) is 3.05. The highest BCUT2D eigenvalue weighted by Crippen LogP contribution is 2.28. The number of carboxylic acid groups (broad SMARTS) is 1. The maximum Gasteiger partial charge on any atom is 0.328 e. The van der Waals surface area contributed by atoms with Crippen LogP contribution < -0.4 is 0 Å². The fourth-order valence-corrected chi connectivity index (χ4v) is 2.57. The van der Waals surface area contributed by atoms with Gasteiger partial charge in [-0.3, -0.25) is 0 Å². The molecule has 2 rings (SSSR count). The SMILES string of the molecule is Cc1ccc(Br)cc1-c1csc(/C=C/C(=O)O)n1. The molecule has 1 heterocycles. The zero-order valence-corrected chi connectivity index (χ0v) is 12.0. The molecule has 1 aromatic carbocycles. The molecular formula is C13H10BrNO2S. The zero-order valence-electron chi connectivity index (χ0n) is 9.55. The minimum atomic E-state index is -0.967. The van der Waals surface area contributed by atoms with Crippen LogP contribution in [0.2, 0.25) is 0 Å². The maximum absolute atomic E-state index is 10.4. The predicted octanol–water partition coefficient (Wildman–Crippen LogP) is 3.98. The summed E-state index contributed by atoms with van der Waals surface area (Å²) < 4.78 is 0.999. The topological polar surface area (TPSA) is 50.2 Å². The van der Waals surface area contributed by atoms with E-state index in [2.05, 4.69) is 20.9 Å². The molecule has 3 nitrogen and oxygen atoms in total. The van der Waals surface area contributed by atoms with Crippen LogP contribution in [0.25, 0.3) is 17.3 Å². The third-order valence-electron chi connectivity index (χ3n) is 2.37. The van der Waals surface area contributed by atoms with Crippen molar-refractivity contribution in [3.63, 3.8) is 0 Å². The monoisotopic (exact) mass is 323 g/mol. The van der Waals surface area contributed by atoms with E-state index in [1.54, 1.807) is 0 Å². The van der Waals surface area contributed by atoms with Gasteiger partial charge in [0.2, 0.25) is 0 Å². The molecular weight excluding hydrogens is 314 g/mol. The lowest BCUT2D eigenvalue weighted by Crippen LogP contribution is -1.86. The third-order valence-corrected chi connectivity index (χ3v) is 3.67. The second kappa shape index (κ2) is 5.46. The van der Waals surface area contributed by atoms with Gasteiger partial charge in [-0.05, 0) is 30.7 Å². The highest BCUT2D eigenvalue weighted by Gasteiger charge is 2.06. The fourth-order valence-electron chi connectivity index (χ4n) is 1.50. The number of rotatable bonds is 3. The van der Waals surface area contributed by atoms with E-state index in [1.807, 2.05) is 30.5 Å². The van der Waals surface area contributed by atoms with Gasteiger partial charge in [0, 0.05) is 21.5 Å². The quantitative estimate of drug-likeness (QED) is 0.869. The normalized spacial score (nSPS) is 11.0. The number of benzene rings is 1. The Morgan fingerprint density at radius 2 is 2.28 bits per heavy atom. The summed E-state index contributed by atoms with van der Waals surface area (Å²) >= 11 is 4.86. The average molecular weight is 324 g/mol. The van der Waals surface area contributed by atoms with E-state index in [9.17, 15) is 4.79 Å². The van der Waals surface area contributed by atoms with Crippen molar-refractivity contribution in [1.82, 2.24) is 4.98 Å². The standard InChI is InChI=1S/C13H10BrNO2S/c1-8-2-3-9(14)6-10(8)11-7-18-12(15-11)4-5-13(16)17/h2-7H,1H3,(H,16,17)/b5-4+. The zero-order chi connectivity index (χ0) is 13.1. The number of aromatic nitrogens is 1. The second-order valence-corrected chi connectivity index (χ2v) is 5.51. The molecule has 0 aliphatic heterocycles. The molecule has 0 aliphatic carbocycles. The lowest BCUT2D eigenvalue weighted by Gasteiger charge is -2.02. The van der Waals surface area contributed by atoms with E-state index in [0.29, 0.717) is 5.01 Å². The van der Waals surface area contributed by atoms with E-state index in [0.717, 1.165) is 27.4 Å². The van der Waals surface area contributed by atoms with Crippen molar-refractivity contribution in [1.29, 1.82) is 0 Å². The molecule has 0 atom stereocenters. The van der Waals surface area contributed by atoms with Gasteiger partial charge in [0.25, 0.3) is 0 Å². The molecule has 0 fully saturated rings. The minimum absolute atomic E-state index is 0.687. The molecule has 0 amide bonds.